The molecule has 0 bridgehead atoms. The summed E-state index contributed by atoms with van der Waals surface area (Å²) >= 11 is 0. The maximum Gasteiger partial charge on any atom is 0.168 e. The Bertz CT molecular complexity index is 1010. The van der Waals surface area contributed by atoms with Gasteiger partial charge in [0.05, 0.1) is 17.0 Å². The quantitative estimate of drug-likeness (QED) is 0.496. The number of nitrogens with zero attached hydrogens (tertiary/aromatic N) is 2. The van der Waals surface area contributed by atoms with E-state index in [-0.39, 0.29) is 36.1 Å². The number of carbonyl (C=O) groups is 3. The number of hydrogen-bond acceptors (Lipinski definition) is 7. The molecule has 2 aromatic rings. The number of Topliss-reactive ketones (excluding diaryl/α,β-unsaturated/α-hetero) is 3. The third kappa shape index (κ3) is 4.50. The summed E-state index contributed by atoms with van der Waals surface area (Å²) in [6.07, 6.45) is 3.10. The van der Waals surface area contributed by atoms with Crippen molar-refractivity contribution in [1.29, 1.82) is 0 Å². The molecule has 2 atom stereocenters. The summed E-state index contributed by atoms with van der Waals surface area (Å²) in [4.78, 5) is 43.5. The van der Waals surface area contributed by atoms with E-state index in [1.807, 2.05) is 37.3 Å². The highest BCUT2D eigenvalue weighted by atomic mass is 16.6. The van der Waals surface area contributed by atoms with Gasteiger partial charge in [-0.2, -0.15) is 0 Å². The van der Waals surface area contributed by atoms with Crippen LogP contribution in [0.25, 0.3) is 0 Å². The Morgan fingerprint density at radius 3 is 2.77 bits per heavy atom. The van der Waals surface area contributed by atoms with Gasteiger partial charge in [0, 0.05) is 32.1 Å². The first kappa shape index (κ1) is 21.2. The third-order valence-corrected chi connectivity index (χ3v) is 5.99. The Morgan fingerprint density at radius 1 is 1.19 bits per heavy atom. The van der Waals surface area contributed by atoms with Gasteiger partial charge in [0.2, 0.25) is 0 Å². The zero-order valence-electron chi connectivity index (χ0n) is 17.6. The standard InChI is InChI=1S/C24H26N2O5/c1-2-30-25-18-13-16(15-7-4-3-5-8-15)14-21(29)23(18)20(28)12-11-17-24-19(27)9-6-10-22(24)31-26-17/h3-5,7-8,16,23H,2,6,9-14H2,1H3. The third-order valence-electron chi connectivity index (χ3n) is 5.99. The van der Waals surface area contributed by atoms with Crippen molar-refractivity contribution in [3.05, 3.63) is 52.9 Å². The van der Waals surface area contributed by atoms with Crippen molar-refractivity contribution in [2.75, 3.05) is 6.61 Å². The van der Waals surface area contributed by atoms with Crippen LogP contribution < -0.4 is 0 Å². The maximum absolute atomic E-state index is 13.1. The van der Waals surface area contributed by atoms with E-state index in [0.717, 1.165) is 12.0 Å². The summed E-state index contributed by atoms with van der Waals surface area (Å²) in [6, 6.07) is 9.79. The highest BCUT2D eigenvalue weighted by Gasteiger charge is 2.39. The Kier molecular flexibility index (Phi) is 6.39. The van der Waals surface area contributed by atoms with Gasteiger partial charge in [-0.05, 0) is 31.2 Å². The number of carbonyl (C=O) groups excluding carboxylic acids is 3. The van der Waals surface area contributed by atoms with Gasteiger partial charge in [0.25, 0.3) is 0 Å². The van der Waals surface area contributed by atoms with Gasteiger partial charge in [0.1, 0.15) is 29.9 Å². The van der Waals surface area contributed by atoms with Gasteiger partial charge >= 0.3 is 0 Å². The second kappa shape index (κ2) is 9.37. The van der Waals surface area contributed by atoms with E-state index >= 15 is 0 Å². The minimum atomic E-state index is -0.898. The topological polar surface area (TPSA) is 98.8 Å². The number of hydrogen-bond donors (Lipinski definition) is 0. The van der Waals surface area contributed by atoms with Gasteiger partial charge < -0.3 is 9.36 Å². The van der Waals surface area contributed by atoms with E-state index < -0.39 is 5.92 Å². The van der Waals surface area contributed by atoms with Crippen LogP contribution in [0.15, 0.2) is 40.0 Å². The molecule has 31 heavy (non-hydrogen) atoms. The maximum atomic E-state index is 13.1. The summed E-state index contributed by atoms with van der Waals surface area (Å²) in [5.41, 5.74) is 2.58. The lowest BCUT2D eigenvalue weighted by Gasteiger charge is -2.28. The molecule has 0 radical (unpaired) electrons. The lowest BCUT2D eigenvalue weighted by Crippen LogP contribution is -2.38. The summed E-state index contributed by atoms with van der Waals surface area (Å²) < 4.78 is 5.30. The lowest BCUT2D eigenvalue weighted by molar-refractivity contribution is -0.130. The van der Waals surface area contributed by atoms with Gasteiger partial charge in [-0.25, -0.2) is 0 Å². The van der Waals surface area contributed by atoms with Crippen LogP contribution in [0.2, 0.25) is 0 Å². The first-order chi connectivity index (χ1) is 15.1. The minimum Gasteiger partial charge on any atom is -0.396 e. The largest absolute Gasteiger partial charge is 0.396 e. The molecule has 7 nitrogen and oxygen atoms in total. The molecule has 4 rings (SSSR count). The van der Waals surface area contributed by atoms with Crippen LogP contribution in [0.1, 0.15) is 72.3 Å². The van der Waals surface area contributed by atoms with Crippen molar-refractivity contribution in [3.8, 4) is 0 Å². The van der Waals surface area contributed by atoms with E-state index in [1.54, 1.807) is 0 Å². The van der Waals surface area contributed by atoms with Crippen molar-refractivity contribution < 1.29 is 23.7 Å². The molecule has 1 heterocycles. The highest BCUT2D eigenvalue weighted by molar-refractivity contribution is 6.22. The van der Waals surface area contributed by atoms with E-state index in [9.17, 15) is 14.4 Å². The van der Waals surface area contributed by atoms with E-state index in [0.29, 0.717) is 55.0 Å². The van der Waals surface area contributed by atoms with Crippen molar-refractivity contribution >= 4 is 23.1 Å². The van der Waals surface area contributed by atoms with Crippen LogP contribution >= 0.6 is 0 Å². The Hall–Kier alpha value is -3.09. The molecule has 2 unspecified atom stereocenters. The molecule has 1 fully saturated rings. The van der Waals surface area contributed by atoms with Gasteiger partial charge in [-0.15, -0.1) is 0 Å². The Labute approximate surface area is 180 Å². The lowest BCUT2D eigenvalue weighted by atomic mass is 9.74. The van der Waals surface area contributed by atoms with Crippen LogP contribution in [-0.2, 0) is 27.3 Å². The van der Waals surface area contributed by atoms with Gasteiger partial charge in [-0.1, -0.05) is 40.6 Å². The Balaban J connectivity index is 1.49. The number of oxime groups is 1. The van der Waals surface area contributed by atoms with Crippen molar-refractivity contribution in [2.45, 2.75) is 57.8 Å². The molecule has 1 saturated carbocycles. The molecule has 0 amide bonds. The molecule has 0 aliphatic heterocycles. The Morgan fingerprint density at radius 2 is 2.00 bits per heavy atom. The monoisotopic (exact) mass is 422 g/mol. The SMILES string of the molecule is CCON=C1CC(c2ccccc2)CC(=O)C1C(=O)CCc1noc2c1C(=O)CCC2. The molecule has 162 valence electrons. The molecule has 0 spiro atoms. The number of ketones is 3. The summed E-state index contributed by atoms with van der Waals surface area (Å²) in [7, 11) is 0. The fourth-order valence-electron chi connectivity index (χ4n) is 4.49. The molecular weight excluding hydrogens is 396 g/mol. The average Bonchev–Trinajstić information content (AvgIpc) is 3.20. The van der Waals surface area contributed by atoms with Gasteiger partial charge in [-0.3, -0.25) is 14.4 Å². The van der Waals surface area contributed by atoms with Crippen LogP contribution in [0, 0.1) is 5.92 Å². The first-order valence-electron chi connectivity index (χ1n) is 10.9. The van der Waals surface area contributed by atoms with E-state index in [1.165, 1.54) is 0 Å². The minimum absolute atomic E-state index is 0.0165. The van der Waals surface area contributed by atoms with Crippen molar-refractivity contribution in [1.82, 2.24) is 5.16 Å². The molecule has 1 aromatic heterocycles. The van der Waals surface area contributed by atoms with Crippen molar-refractivity contribution in [3.63, 3.8) is 0 Å². The summed E-state index contributed by atoms with van der Waals surface area (Å²) in [5, 5.41) is 8.16. The fraction of sp³-hybridized carbons (Fsp3) is 0.458. The molecule has 0 N–H and O–H groups in total. The van der Waals surface area contributed by atoms with Crippen LogP contribution in [0.4, 0.5) is 0 Å². The number of aryl methyl sites for hydroxylation is 2. The molecule has 0 saturated heterocycles. The molecule has 2 aliphatic carbocycles. The van der Waals surface area contributed by atoms with Gasteiger partial charge in [0.15, 0.2) is 5.78 Å². The molecule has 2 aliphatic rings. The predicted octanol–water partition coefficient (Wildman–Crippen LogP) is 3.85. The predicted molar refractivity (Wildman–Crippen MR) is 113 cm³/mol. The zero-order chi connectivity index (χ0) is 21.8. The molecule has 7 heteroatoms. The number of rotatable bonds is 7. The zero-order valence-corrected chi connectivity index (χ0v) is 17.6. The number of benzene rings is 1. The second-order valence-corrected chi connectivity index (χ2v) is 8.09. The smallest absolute Gasteiger partial charge is 0.168 e. The normalized spacial score (nSPS) is 22.4. The molecular formula is C24H26N2O5. The molecule has 1 aromatic carbocycles. The van der Waals surface area contributed by atoms with E-state index in [2.05, 4.69) is 10.3 Å². The second-order valence-electron chi connectivity index (χ2n) is 8.09. The summed E-state index contributed by atoms with van der Waals surface area (Å²) in [5.74, 6) is -0.640. The number of fused-ring (bicyclic) bond motifs is 1. The van der Waals surface area contributed by atoms with Crippen LogP contribution in [-0.4, -0.2) is 34.8 Å². The fourth-order valence-corrected chi connectivity index (χ4v) is 4.49. The number of aromatic nitrogens is 1. The summed E-state index contributed by atoms with van der Waals surface area (Å²) in [6.45, 7) is 2.17. The average molecular weight is 422 g/mol. The highest BCUT2D eigenvalue weighted by Crippen LogP contribution is 2.34. The van der Waals surface area contributed by atoms with Crippen LogP contribution in [0.5, 0.6) is 0 Å². The first-order valence-corrected chi connectivity index (χ1v) is 10.9. The van der Waals surface area contributed by atoms with E-state index in [4.69, 9.17) is 9.36 Å². The van der Waals surface area contributed by atoms with Crippen LogP contribution in [0.3, 0.4) is 0 Å². The van der Waals surface area contributed by atoms with Crippen molar-refractivity contribution in [2.24, 2.45) is 11.1 Å².